The predicted molar refractivity (Wildman–Crippen MR) is 137 cm³/mol. The number of hydrogen-bond donors (Lipinski definition) is 1. The molecule has 3 atom stereocenters. The van der Waals surface area contributed by atoms with Crippen molar-refractivity contribution in [1.82, 2.24) is 20.1 Å². The molecule has 2 aliphatic heterocycles. The minimum atomic E-state index is -0.670. The summed E-state index contributed by atoms with van der Waals surface area (Å²) in [4.78, 5) is 60.7. The molecule has 3 fully saturated rings. The number of aromatic nitrogens is 1. The van der Waals surface area contributed by atoms with E-state index in [0.29, 0.717) is 30.2 Å². The van der Waals surface area contributed by atoms with Crippen LogP contribution in [0.3, 0.4) is 0 Å². The molecule has 0 radical (unpaired) electrons. The first-order valence-electron chi connectivity index (χ1n) is 12.3. The monoisotopic (exact) mass is 522 g/mol. The van der Waals surface area contributed by atoms with Crippen LogP contribution in [0.1, 0.15) is 40.9 Å². The lowest BCUT2D eigenvalue weighted by Crippen LogP contribution is -2.52. The van der Waals surface area contributed by atoms with Crippen LogP contribution in [0.4, 0.5) is 0 Å². The molecule has 3 aromatic heterocycles. The van der Waals surface area contributed by atoms with Gasteiger partial charge in [0.05, 0.1) is 23.9 Å². The summed E-state index contributed by atoms with van der Waals surface area (Å²) in [6.45, 7) is 0.423. The molecule has 5 heterocycles. The Morgan fingerprint density at radius 2 is 2.00 bits per heavy atom. The Morgan fingerprint density at radius 1 is 1.14 bits per heavy atom. The Labute approximate surface area is 216 Å². The van der Waals surface area contributed by atoms with Crippen LogP contribution in [0, 0.1) is 5.92 Å². The van der Waals surface area contributed by atoms with Crippen molar-refractivity contribution in [2.24, 2.45) is 5.92 Å². The molecular formula is C26H26N4O4S2. The highest BCUT2D eigenvalue weighted by molar-refractivity contribution is 7.27. The van der Waals surface area contributed by atoms with Gasteiger partial charge in [-0.15, -0.1) is 22.7 Å². The average molecular weight is 523 g/mol. The van der Waals surface area contributed by atoms with E-state index >= 15 is 0 Å². The standard InChI is InChI=1S/C26H26N4O4S2/c31-19-14-30(23(32)11-16-2-1-7-27-13-16)18-5-8-29(24(18)19)26(34)17(10-15-3-4-15)28-25(33)22-12-21-20(36-22)6-9-35-21/h1-2,6-7,9,12-13,15,17-18,24H,3-5,8,10-11,14H2,(H,28,33). The zero-order valence-corrected chi connectivity index (χ0v) is 21.2. The van der Waals surface area contributed by atoms with Gasteiger partial charge < -0.3 is 15.1 Å². The highest BCUT2D eigenvalue weighted by Crippen LogP contribution is 2.36. The van der Waals surface area contributed by atoms with Crippen molar-refractivity contribution in [1.29, 1.82) is 0 Å². The number of carbonyl (C=O) groups excluding carboxylic acids is 4. The van der Waals surface area contributed by atoms with Gasteiger partial charge in [-0.2, -0.15) is 0 Å². The van der Waals surface area contributed by atoms with E-state index in [1.165, 1.54) is 11.3 Å². The number of thiophene rings is 2. The molecule has 0 spiro atoms. The van der Waals surface area contributed by atoms with E-state index in [2.05, 4.69) is 10.3 Å². The lowest BCUT2D eigenvalue weighted by Gasteiger charge is -2.28. The summed E-state index contributed by atoms with van der Waals surface area (Å²) < 4.78 is 2.12. The summed E-state index contributed by atoms with van der Waals surface area (Å²) in [5.41, 5.74) is 0.796. The molecule has 8 nitrogen and oxygen atoms in total. The molecule has 2 saturated heterocycles. The zero-order chi connectivity index (χ0) is 24.8. The van der Waals surface area contributed by atoms with Gasteiger partial charge in [0, 0.05) is 28.3 Å². The fraction of sp³-hybridized carbons (Fsp3) is 0.423. The second kappa shape index (κ2) is 9.40. The molecule has 3 amide bonds. The fourth-order valence-corrected chi connectivity index (χ4v) is 7.40. The number of hydrogen-bond acceptors (Lipinski definition) is 7. The third-order valence-electron chi connectivity index (χ3n) is 7.34. The summed E-state index contributed by atoms with van der Waals surface area (Å²) in [5.74, 6) is -0.277. The smallest absolute Gasteiger partial charge is 0.262 e. The van der Waals surface area contributed by atoms with Crippen LogP contribution >= 0.6 is 22.7 Å². The normalized spacial score (nSPS) is 22.2. The van der Waals surface area contributed by atoms with E-state index in [1.54, 1.807) is 39.6 Å². The molecule has 1 N–H and O–H groups in total. The van der Waals surface area contributed by atoms with Gasteiger partial charge in [-0.1, -0.05) is 18.9 Å². The number of ketones is 1. The number of carbonyl (C=O) groups is 4. The zero-order valence-electron chi connectivity index (χ0n) is 19.6. The molecule has 0 aromatic carbocycles. The quantitative estimate of drug-likeness (QED) is 0.515. The number of nitrogens with zero attached hydrogens (tertiary/aromatic N) is 3. The van der Waals surface area contributed by atoms with Crippen molar-refractivity contribution < 1.29 is 19.2 Å². The highest BCUT2D eigenvalue weighted by Gasteiger charge is 2.52. The van der Waals surface area contributed by atoms with Gasteiger partial charge in [-0.25, -0.2) is 0 Å². The molecule has 0 bridgehead atoms. The van der Waals surface area contributed by atoms with Crippen LogP contribution in [0.15, 0.2) is 42.0 Å². The Balaban J connectivity index is 1.16. The van der Waals surface area contributed by atoms with Crippen LogP contribution in [-0.4, -0.2) is 69.5 Å². The first kappa shape index (κ1) is 23.3. The van der Waals surface area contributed by atoms with Gasteiger partial charge in [0.1, 0.15) is 12.1 Å². The maximum absolute atomic E-state index is 13.7. The topological polar surface area (TPSA) is 99.7 Å². The Morgan fingerprint density at radius 3 is 2.75 bits per heavy atom. The first-order valence-corrected chi connectivity index (χ1v) is 14.0. The number of nitrogens with one attached hydrogen (secondary N) is 1. The molecule has 6 rings (SSSR count). The van der Waals surface area contributed by atoms with Crippen LogP contribution < -0.4 is 5.32 Å². The number of fused-ring (bicyclic) bond motifs is 2. The molecule has 186 valence electrons. The third kappa shape index (κ3) is 4.43. The van der Waals surface area contributed by atoms with Gasteiger partial charge in [-0.05, 0) is 47.9 Å². The Bertz CT molecular complexity index is 1300. The van der Waals surface area contributed by atoms with E-state index in [0.717, 1.165) is 27.8 Å². The molecule has 10 heteroatoms. The Kier molecular flexibility index (Phi) is 6.08. The lowest BCUT2D eigenvalue weighted by atomic mass is 10.1. The van der Waals surface area contributed by atoms with E-state index in [1.807, 2.05) is 23.6 Å². The molecule has 1 aliphatic carbocycles. The van der Waals surface area contributed by atoms with Crippen molar-refractivity contribution in [3.05, 3.63) is 52.5 Å². The molecular weight excluding hydrogens is 496 g/mol. The maximum atomic E-state index is 13.7. The summed E-state index contributed by atoms with van der Waals surface area (Å²) in [7, 11) is 0. The first-order chi connectivity index (χ1) is 17.5. The Hall–Kier alpha value is -3.11. The largest absolute Gasteiger partial charge is 0.340 e. The summed E-state index contributed by atoms with van der Waals surface area (Å²) in [6.07, 6.45) is 6.73. The van der Waals surface area contributed by atoms with E-state index in [-0.39, 0.29) is 42.5 Å². The third-order valence-corrected chi connectivity index (χ3v) is 9.43. The van der Waals surface area contributed by atoms with Crippen molar-refractivity contribution >= 4 is 55.6 Å². The summed E-state index contributed by atoms with van der Waals surface area (Å²) >= 11 is 3.01. The number of likely N-dealkylation sites (tertiary alicyclic amines) is 2. The predicted octanol–water partition coefficient (Wildman–Crippen LogP) is 2.88. The number of rotatable bonds is 7. The van der Waals surface area contributed by atoms with Crippen molar-refractivity contribution in [2.75, 3.05) is 13.1 Å². The van der Waals surface area contributed by atoms with Gasteiger partial charge in [0.15, 0.2) is 5.78 Å². The van der Waals surface area contributed by atoms with Gasteiger partial charge in [0.25, 0.3) is 5.91 Å². The van der Waals surface area contributed by atoms with Crippen LogP contribution in [0.2, 0.25) is 0 Å². The van der Waals surface area contributed by atoms with E-state index in [4.69, 9.17) is 0 Å². The molecule has 3 aliphatic rings. The summed E-state index contributed by atoms with van der Waals surface area (Å²) in [5, 5.41) is 4.98. The minimum Gasteiger partial charge on any atom is -0.340 e. The fourth-order valence-electron chi connectivity index (χ4n) is 5.38. The SMILES string of the molecule is O=C(NC(CC1CC1)C(=O)N1CCC2C1C(=O)CN2C(=O)Cc1cccnc1)c1cc2sccc2s1. The lowest BCUT2D eigenvalue weighted by molar-refractivity contribution is -0.138. The summed E-state index contributed by atoms with van der Waals surface area (Å²) in [6, 6.07) is 5.87. The van der Waals surface area contributed by atoms with Crippen LogP contribution in [0.5, 0.6) is 0 Å². The number of pyridine rings is 1. The van der Waals surface area contributed by atoms with Gasteiger partial charge in [0.2, 0.25) is 11.8 Å². The van der Waals surface area contributed by atoms with Crippen molar-refractivity contribution in [3.8, 4) is 0 Å². The molecule has 36 heavy (non-hydrogen) atoms. The maximum Gasteiger partial charge on any atom is 0.262 e. The second-order valence-electron chi connectivity index (χ2n) is 9.82. The van der Waals surface area contributed by atoms with Crippen molar-refractivity contribution in [3.63, 3.8) is 0 Å². The van der Waals surface area contributed by atoms with E-state index < -0.39 is 12.1 Å². The van der Waals surface area contributed by atoms with Crippen LogP contribution in [-0.2, 0) is 20.8 Å². The second-order valence-corrected chi connectivity index (χ2v) is 11.9. The van der Waals surface area contributed by atoms with Gasteiger partial charge in [-0.3, -0.25) is 24.2 Å². The van der Waals surface area contributed by atoms with Crippen molar-refractivity contribution in [2.45, 2.75) is 50.2 Å². The number of Topliss-reactive ketones (excluding diaryl/α,β-unsaturated/α-hetero) is 1. The van der Waals surface area contributed by atoms with E-state index in [9.17, 15) is 19.2 Å². The highest BCUT2D eigenvalue weighted by atomic mass is 32.1. The van der Waals surface area contributed by atoms with Gasteiger partial charge >= 0.3 is 0 Å². The minimum absolute atomic E-state index is 0.0177. The van der Waals surface area contributed by atoms with Crippen LogP contribution in [0.25, 0.3) is 9.40 Å². The molecule has 3 aromatic rings. The average Bonchev–Trinajstić information content (AvgIpc) is 3.20. The number of amides is 3. The molecule has 3 unspecified atom stereocenters. The molecule has 1 saturated carbocycles.